The third-order valence-corrected chi connectivity index (χ3v) is 2.10. The van der Waals surface area contributed by atoms with Crippen molar-refractivity contribution in [2.24, 2.45) is 0 Å². The molecule has 3 N–H and O–H groups in total. The molecule has 0 aliphatic heterocycles. The molecule has 0 fully saturated rings. The number of pyridine rings is 1. The molecule has 0 aromatic carbocycles. The third kappa shape index (κ3) is 0.991. The van der Waals surface area contributed by atoms with Crippen LogP contribution in [0.25, 0.3) is 11.0 Å². The minimum Gasteiger partial charge on any atom is -0.384 e. The van der Waals surface area contributed by atoms with Crippen LogP contribution in [0.2, 0.25) is 0 Å². The lowest BCUT2D eigenvalue weighted by atomic mass is 10.4. The lowest BCUT2D eigenvalue weighted by molar-refractivity contribution is 1.41. The molecule has 11 heavy (non-hydrogen) atoms. The van der Waals surface area contributed by atoms with E-state index in [1.807, 2.05) is 12.3 Å². The smallest absolute Gasteiger partial charge is 0.124 e. The van der Waals surface area contributed by atoms with E-state index < -0.39 is 0 Å². The van der Waals surface area contributed by atoms with Crippen molar-refractivity contribution in [3.05, 3.63) is 22.8 Å². The zero-order chi connectivity index (χ0) is 7.84. The zero-order valence-electron chi connectivity index (χ0n) is 5.63. The predicted octanol–water partition coefficient (Wildman–Crippen LogP) is 1.91. The fourth-order valence-corrected chi connectivity index (χ4v) is 1.40. The van der Waals surface area contributed by atoms with Crippen molar-refractivity contribution in [3.8, 4) is 0 Å². The van der Waals surface area contributed by atoms with Crippen LogP contribution >= 0.6 is 15.9 Å². The summed E-state index contributed by atoms with van der Waals surface area (Å²) in [5, 5.41) is 0. The molecule has 3 nitrogen and oxygen atoms in total. The maximum Gasteiger partial charge on any atom is 0.124 e. The fraction of sp³-hybridized carbons (Fsp3) is 0. The third-order valence-electron chi connectivity index (χ3n) is 1.50. The largest absolute Gasteiger partial charge is 0.384 e. The van der Waals surface area contributed by atoms with Crippen LogP contribution < -0.4 is 5.73 Å². The average Bonchev–Trinajstić information content (AvgIpc) is 2.33. The molecule has 2 heterocycles. The maximum absolute atomic E-state index is 5.51. The summed E-state index contributed by atoms with van der Waals surface area (Å²) in [4.78, 5) is 7.18. The zero-order valence-corrected chi connectivity index (χ0v) is 7.22. The molecule has 0 unspecified atom stereocenters. The minimum atomic E-state index is 0.540. The quantitative estimate of drug-likeness (QED) is 0.700. The van der Waals surface area contributed by atoms with Crippen LogP contribution in [0.5, 0.6) is 0 Å². The molecule has 0 aliphatic carbocycles. The normalized spacial score (nSPS) is 10.6. The second-order valence-electron chi connectivity index (χ2n) is 2.27. The fourth-order valence-electron chi connectivity index (χ4n) is 0.982. The first kappa shape index (κ1) is 6.67. The van der Waals surface area contributed by atoms with Gasteiger partial charge in [0.2, 0.25) is 0 Å². The first-order chi connectivity index (χ1) is 5.27. The number of nitrogens with one attached hydrogen (secondary N) is 1. The van der Waals surface area contributed by atoms with Crippen LogP contribution in [0, 0.1) is 0 Å². The molecule has 0 amide bonds. The van der Waals surface area contributed by atoms with E-state index in [4.69, 9.17) is 5.73 Å². The van der Waals surface area contributed by atoms with Gasteiger partial charge in [0.05, 0.1) is 9.99 Å². The van der Waals surface area contributed by atoms with Crippen molar-refractivity contribution in [1.82, 2.24) is 9.97 Å². The molecule has 2 rings (SSSR count). The summed E-state index contributed by atoms with van der Waals surface area (Å²) in [5.74, 6) is 0.540. The highest BCUT2D eigenvalue weighted by Gasteiger charge is 2.00. The van der Waals surface area contributed by atoms with Gasteiger partial charge in [-0.1, -0.05) is 0 Å². The van der Waals surface area contributed by atoms with E-state index in [-0.39, 0.29) is 0 Å². The van der Waals surface area contributed by atoms with Crippen molar-refractivity contribution >= 4 is 32.8 Å². The van der Waals surface area contributed by atoms with Gasteiger partial charge in [-0.25, -0.2) is 4.98 Å². The van der Waals surface area contributed by atoms with Gasteiger partial charge in [-0.2, -0.15) is 0 Å². The molecular weight excluding hydrogens is 206 g/mol. The van der Waals surface area contributed by atoms with E-state index in [1.54, 1.807) is 6.07 Å². The molecule has 0 radical (unpaired) electrons. The van der Waals surface area contributed by atoms with Crippen LogP contribution in [0.3, 0.4) is 0 Å². The Balaban J connectivity index is 2.87. The highest BCUT2D eigenvalue weighted by molar-refractivity contribution is 9.10. The summed E-state index contributed by atoms with van der Waals surface area (Å²) in [5.41, 5.74) is 7.38. The van der Waals surface area contributed by atoms with E-state index >= 15 is 0 Å². The predicted molar refractivity (Wildman–Crippen MR) is 48.2 cm³/mol. The molecular formula is C7H6BrN3. The summed E-state index contributed by atoms with van der Waals surface area (Å²) in [6.45, 7) is 0. The Hall–Kier alpha value is -1.03. The lowest BCUT2D eigenvalue weighted by Gasteiger charge is -1.91. The van der Waals surface area contributed by atoms with Crippen molar-refractivity contribution in [3.63, 3.8) is 0 Å². The molecule has 0 spiro atoms. The number of fused-ring (bicyclic) bond motifs is 1. The number of nitrogens with zero attached hydrogens (tertiary/aromatic N) is 1. The van der Waals surface area contributed by atoms with Crippen molar-refractivity contribution < 1.29 is 0 Å². The molecule has 0 saturated heterocycles. The van der Waals surface area contributed by atoms with Crippen molar-refractivity contribution in [1.29, 1.82) is 0 Å². The number of aromatic nitrogens is 2. The monoisotopic (exact) mass is 211 g/mol. The first-order valence-electron chi connectivity index (χ1n) is 3.16. The van der Waals surface area contributed by atoms with Gasteiger partial charge in [-0.15, -0.1) is 0 Å². The molecule has 0 atom stereocenters. The minimum absolute atomic E-state index is 0.540. The number of aromatic amines is 1. The summed E-state index contributed by atoms with van der Waals surface area (Å²) in [7, 11) is 0. The maximum atomic E-state index is 5.51. The second kappa shape index (κ2) is 2.23. The first-order valence-corrected chi connectivity index (χ1v) is 3.96. The van der Waals surface area contributed by atoms with Crippen LogP contribution in [-0.4, -0.2) is 9.97 Å². The standard InChI is InChI=1S/C7H6BrN3/c8-4-3-10-5-1-2-6(9)11-7(4)5/h1-3,10H,(H2,9,11). The number of anilines is 1. The van der Waals surface area contributed by atoms with Gasteiger partial charge < -0.3 is 10.7 Å². The van der Waals surface area contributed by atoms with Crippen LogP contribution in [0.1, 0.15) is 0 Å². The summed E-state index contributed by atoms with van der Waals surface area (Å²) in [6, 6.07) is 3.67. The van der Waals surface area contributed by atoms with Crippen molar-refractivity contribution in [2.45, 2.75) is 0 Å². The Labute approximate surface area is 71.7 Å². The van der Waals surface area contributed by atoms with E-state index in [2.05, 4.69) is 25.9 Å². The topological polar surface area (TPSA) is 54.7 Å². The Morgan fingerprint density at radius 2 is 2.27 bits per heavy atom. The Morgan fingerprint density at radius 3 is 3.09 bits per heavy atom. The number of hydrogen-bond donors (Lipinski definition) is 2. The van der Waals surface area contributed by atoms with E-state index in [9.17, 15) is 0 Å². The molecule has 2 aromatic heterocycles. The van der Waals surface area contributed by atoms with E-state index in [0.29, 0.717) is 5.82 Å². The van der Waals surface area contributed by atoms with Gasteiger partial charge in [0.25, 0.3) is 0 Å². The van der Waals surface area contributed by atoms with Gasteiger partial charge in [-0.05, 0) is 28.1 Å². The Morgan fingerprint density at radius 1 is 1.45 bits per heavy atom. The van der Waals surface area contributed by atoms with Crippen LogP contribution in [-0.2, 0) is 0 Å². The van der Waals surface area contributed by atoms with Gasteiger partial charge in [0.15, 0.2) is 0 Å². The number of nitrogens with two attached hydrogens (primary N) is 1. The number of nitrogen functional groups attached to an aromatic ring is 1. The number of H-pyrrole nitrogens is 1. The Kier molecular flexibility index (Phi) is 1.35. The lowest BCUT2D eigenvalue weighted by Crippen LogP contribution is -1.87. The average molecular weight is 212 g/mol. The molecule has 2 aromatic rings. The summed E-state index contributed by atoms with van der Waals surface area (Å²) >= 11 is 3.35. The van der Waals surface area contributed by atoms with E-state index in [0.717, 1.165) is 15.5 Å². The molecule has 0 bridgehead atoms. The van der Waals surface area contributed by atoms with E-state index in [1.165, 1.54) is 0 Å². The van der Waals surface area contributed by atoms with Gasteiger partial charge in [0, 0.05) is 6.20 Å². The summed E-state index contributed by atoms with van der Waals surface area (Å²) in [6.07, 6.45) is 1.84. The van der Waals surface area contributed by atoms with Gasteiger partial charge in [0.1, 0.15) is 11.3 Å². The summed E-state index contributed by atoms with van der Waals surface area (Å²) < 4.78 is 0.944. The molecule has 4 heteroatoms. The number of rotatable bonds is 0. The molecule has 56 valence electrons. The van der Waals surface area contributed by atoms with Crippen LogP contribution in [0.4, 0.5) is 5.82 Å². The van der Waals surface area contributed by atoms with Gasteiger partial charge >= 0.3 is 0 Å². The highest BCUT2D eigenvalue weighted by atomic mass is 79.9. The highest BCUT2D eigenvalue weighted by Crippen LogP contribution is 2.21. The van der Waals surface area contributed by atoms with Gasteiger partial charge in [-0.3, -0.25) is 0 Å². The molecule has 0 aliphatic rings. The SMILES string of the molecule is Nc1ccc2[nH]cc(Br)c2n1. The number of hydrogen-bond acceptors (Lipinski definition) is 2. The molecule has 0 saturated carbocycles. The Bertz CT molecular complexity index is 393. The van der Waals surface area contributed by atoms with Crippen molar-refractivity contribution in [2.75, 3.05) is 5.73 Å². The second-order valence-corrected chi connectivity index (χ2v) is 3.12. The van der Waals surface area contributed by atoms with Crippen LogP contribution in [0.15, 0.2) is 22.8 Å². The number of halogens is 1.